The van der Waals surface area contributed by atoms with Crippen molar-refractivity contribution in [1.82, 2.24) is 0 Å². The largest absolute Gasteiger partial charge is 0.496 e. The molecule has 0 aliphatic rings. The Labute approximate surface area is 127 Å². The Morgan fingerprint density at radius 3 is 2.75 bits per heavy atom. The van der Waals surface area contributed by atoms with Gasteiger partial charge in [-0.1, -0.05) is 23.7 Å². The molecule has 0 amide bonds. The molecule has 2 aromatic carbocycles. The first-order valence-corrected chi connectivity index (χ1v) is 7.44. The Kier molecular flexibility index (Phi) is 5.29. The quantitative estimate of drug-likeness (QED) is 0.837. The maximum absolute atomic E-state index is 13.3. The molecule has 0 aliphatic heterocycles. The van der Waals surface area contributed by atoms with Crippen molar-refractivity contribution in [2.45, 2.75) is 10.9 Å². The van der Waals surface area contributed by atoms with Crippen LogP contribution < -0.4 is 10.5 Å². The highest BCUT2D eigenvalue weighted by molar-refractivity contribution is 7.99. The molecular weight excluding hydrogens is 297 g/mol. The van der Waals surface area contributed by atoms with Crippen LogP contribution in [0, 0.1) is 5.82 Å². The predicted molar refractivity (Wildman–Crippen MR) is 82.1 cm³/mol. The zero-order valence-corrected chi connectivity index (χ0v) is 12.5. The number of hydrogen-bond donors (Lipinski definition) is 1. The maximum atomic E-state index is 13.3. The minimum Gasteiger partial charge on any atom is -0.496 e. The van der Waals surface area contributed by atoms with Gasteiger partial charge in [0, 0.05) is 22.3 Å². The van der Waals surface area contributed by atoms with Gasteiger partial charge in [-0.25, -0.2) is 4.39 Å². The van der Waals surface area contributed by atoms with E-state index in [4.69, 9.17) is 22.1 Å². The first-order valence-electron chi connectivity index (χ1n) is 6.08. The van der Waals surface area contributed by atoms with Crippen LogP contribution in [0.1, 0.15) is 11.6 Å². The Hall–Kier alpha value is -1.23. The van der Waals surface area contributed by atoms with E-state index in [1.807, 2.05) is 24.3 Å². The van der Waals surface area contributed by atoms with Crippen molar-refractivity contribution in [1.29, 1.82) is 0 Å². The van der Waals surface area contributed by atoms with Crippen LogP contribution in [-0.2, 0) is 0 Å². The van der Waals surface area contributed by atoms with Gasteiger partial charge in [-0.3, -0.25) is 0 Å². The number of thioether (sulfide) groups is 1. The van der Waals surface area contributed by atoms with E-state index in [1.54, 1.807) is 24.9 Å². The van der Waals surface area contributed by atoms with E-state index in [1.165, 1.54) is 12.1 Å². The molecule has 5 heteroatoms. The molecule has 2 aromatic rings. The normalized spacial score (nSPS) is 12.2. The number of rotatable bonds is 5. The molecule has 0 fully saturated rings. The van der Waals surface area contributed by atoms with Crippen LogP contribution in [0.5, 0.6) is 5.75 Å². The highest BCUT2D eigenvalue weighted by Gasteiger charge is 2.14. The fraction of sp³-hybridized carbons (Fsp3) is 0.200. The second-order valence-electron chi connectivity index (χ2n) is 4.23. The van der Waals surface area contributed by atoms with E-state index in [0.717, 1.165) is 4.90 Å². The standard InChI is InChI=1S/C15H15ClFNOS/c1-19-14-7-6-10(17)8-11(14)13(18)9-20-15-5-3-2-4-12(15)16/h2-8,13H,9,18H2,1H3. The minimum atomic E-state index is -0.332. The van der Waals surface area contributed by atoms with Crippen molar-refractivity contribution >= 4 is 23.4 Å². The lowest BCUT2D eigenvalue weighted by molar-refractivity contribution is 0.405. The number of ether oxygens (including phenoxy) is 1. The van der Waals surface area contributed by atoms with Crippen molar-refractivity contribution in [2.75, 3.05) is 12.9 Å². The van der Waals surface area contributed by atoms with Gasteiger partial charge in [-0.05, 0) is 30.3 Å². The third kappa shape index (κ3) is 3.66. The third-order valence-electron chi connectivity index (χ3n) is 2.85. The van der Waals surface area contributed by atoms with Crippen LogP contribution in [0.15, 0.2) is 47.4 Å². The molecule has 1 atom stereocenters. The highest BCUT2D eigenvalue weighted by Crippen LogP contribution is 2.32. The van der Waals surface area contributed by atoms with Gasteiger partial charge in [-0.2, -0.15) is 0 Å². The van der Waals surface area contributed by atoms with E-state index in [2.05, 4.69) is 0 Å². The summed E-state index contributed by atoms with van der Waals surface area (Å²) in [7, 11) is 1.55. The smallest absolute Gasteiger partial charge is 0.123 e. The SMILES string of the molecule is COc1ccc(F)cc1C(N)CSc1ccccc1Cl. The topological polar surface area (TPSA) is 35.2 Å². The van der Waals surface area contributed by atoms with Crippen LogP contribution in [-0.4, -0.2) is 12.9 Å². The molecule has 20 heavy (non-hydrogen) atoms. The Morgan fingerprint density at radius 1 is 1.30 bits per heavy atom. The highest BCUT2D eigenvalue weighted by atomic mass is 35.5. The predicted octanol–water partition coefficient (Wildman–Crippen LogP) is 4.28. The second kappa shape index (κ2) is 6.97. The number of hydrogen-bond acceptors (Lipinski definition) is 3. The van der Waals surface area contributed by atoms with E-state index in [9.17, 15) is 4.39 Å². The number of nitrogens with two attached hydrogens (primary N) is 1. The molecule has 0 aromatic heterocycles. The molecular formula is C15H15ClFNOS. The molecule has 0 aliphatic carbocycles. The van der Waals surface area contributed by atoms with Gasteiger partial charge in [0.05, 0.1) is 12.1 Å². The molecule has 0 heterocycles. The lowest BCUT2D eigenvalue weighted by Gasteiger charge is -2.15. The summed E-state index contributed by atoms with van der Waals surface area (Å²) < 4.78 is 18.5. The average molecular weight is 312 g/mol. The van der Waals surface area contributed by atoms with E-state index >= 15 is 0 Å². The molecule has 2 rings (SSSR count). The summed E-state index contributed by atoms with van der Waals surface area (Å²) in [6, 6.07) is 11.6. The van der Waals surface area contributed by atoms with Crippen molar-refractivity contribution in [3.05, 3.63) is 58.9 Å². The Bertz CT molecular complexity index is 594. The average Bonchev–Trinajstić information content (AvgIpc) is 2.46. The molecule has 0 spiro atoms. The summed E-state index contributed by atoms with van der Waals surface area (Å²) in [6.07, 6.45) is 0. The van der Waals surface area contributed by atoms with Crippen LogP contribution in [0.2, 0.25) is 5.02 Å². The van der Waals surface area contributed by atoms with Crippen molar-refractivity contribution in [3.63, 3.8) is 0 Å². The molecule has 2 nitrogen and oxygen atoms in total. The van der Waals surface area contributed by atoms with Crippen molar-refractivity contribution in [2.24, 2.45) is 5.73 Å². The van der Waals surface area contributed by atoms with Crippen LogP contribution >= 0.6 is 23.4 Å². The molecule has 0 saturated heterocycles. The van der Waals surface area contributed by atoms with Gasteiger partial charge in [0.25, 0.3) is 0 Å². The number of methoxy groups -OCH3 is 1. The zero-order valence-electron chi connectivity index (χ0n) is 11.0. The second-order valence-corrected chi connectivity index (χ2v) is 5.70. The van der Waals surface area contributed by atoms with Crippen molar-refractivity contribution in [3.8, 4) is 5.75 Å². The van der Waals surface area contributed by atoms with Gasteiger partial charge in [0.2, 0.25) is 0 Å². The summed E-state index contributed by atoms with van der Waals surface area (Å²) in [5.74, 6) is 0.862. The number of benzene rings is 2. The summed E-state index contributed by atoms with van der Waals surface area (Å²) >= 11 is 7.63. The first kappa shape index (κ1) is 15.2. The van der Waals surface area contributed by atoms with Crippen LogP contribution in [0.4, 0.5) is 4.39 Å². The molecule has 0 saturated carbocycles. The van der Waals surface area contributed by atoms with Gasteiger partial charge in [0.1, 0.15) is 11.6 Å². The molecule has 2 N–H and O–H groups in total. The molecule has 0 bridgehead atoms. The third-order valence-corrected chi connectivity index (χ3v) is 4.48. The van der Waals surface area contributed by atoms with Gasteiger partial charge >= 0.3 is 0 Å². The Morgan fingerprint density at radius 2 is 2.05 bits per heavy atom. The fourth-order valence-electron chi connectivity index (χ4n) is 1.83. The minimum absolute atomic E-state index is 0.320. The first-order chi connectivity index (χ1) is 9.61. The lowest BCUT2D eigenvalue weighted by atomic mass is 10.1. The van der Waals surface area contributed by atoms with Crippen LogP contribution in [0.25, 0.3) is 0 Å². The monoisotopic (exact) mass is 311 g/mol. The number of halogens is 2. The summed E-state index contributed by atoms with van der Waals surface area (Å²) in [6.45, 7) is 0. The fourth-order valence-corrected chi connectivity index (χ4v) is 3.04. The molecule has 106 valence electrons. The molecule has 0 radical (unpaired) electrons. The summed E-state index contributed by atoms with van der Waals surface area (Å²) in [4.78, 5) is 0.958. The van der Waals surface area contributed by atoms with Gasteiger partial charge in [-0.15, -0.1) is 11.8 Å². The zero-order chi connectivity index (χ0) is 14.5. The van der Waals surface area contributed by atoms with Crippen molar-refractivity contribution < 1.29 is 9.13 Å². The Balaban J connectivity index is 2.11. The van der Waals surface area contributed by atoms with E-state index in [0.29, 0.717) is 22.1 Å². The van der Waals surface area contributed by atoms with Crippen LogP contribution in [0.3, 0.4) is 0 Å². The summed E-state index contributed by atoms with van der Waals surface area (Å²) in [5.41, 5.74) is 6.79. The van der Waals surface area contributed by atoms with E-state index < -0.39 is 0 Å². The maximum Gasteiger partial charge on any atom is 0.123 e. The lowest BCUT2D eigenvalue weighted by Crippen LogP contribution is -2.14. The van der Waals surface area contributed by atoms with Gasteiger partial charge < -0.3 is 10.5 Å². The summed E-state index contributed by atoms with van der Waals surface area (Å²) in [5, 5.41) is 0.691. The van der Waals surface area contributed by atoms with Gasteiger partial charge in [0.15, 0.2) is 0 Å². The van der Waals surface area contributed by atoms with E-state index in [-0.39, 0.29) is 11.9 Å². The molecule has 1 unspecified atom stereocenters.